The normalized spacial score (nSPS) is 27.2. The molecule has 2 N–H and O–H groups in total. The van der Waals surface area contributed by atoms with E-state index < -0.39 is 0 Å². The lowest BCUT2D eigenvalue weighted by Gasteiger charge is -2.38. The second-order valence-corrected chi connectivity index (χ2v) is 8.39. The average Bonchev–Trinajstić information content (AvgIpc) is 2.74. The van der Waals surface area contributed by atoms with Crippen molar-refractivity contribution < 1.29 is 0 Å². The van der Waals surface area contributed by atoms with Crippen LogP contribution >= 0.6 is 22.9 Å². The van der Waals surface area contributed by atoms with Gasteiger partial charge >= 0.3 is 0 Å². The monoisotopic (exact) mass is 285 g/mol. The summed E-state index contributed by atoms with van der Waals surface area (Å²) in [6.45, 7) is 7.07. The predicted octanol–water partition coefficient (Wildman–Crippen LogP) is 5.25. The van der Waals surface area contributed by atoms with E-state index in [1.807, 2.05) is 6.07 Å². The molecule has 0 bridgehead atoms. The van der Waals surface area contributed by atoms with Gasteiger partial charge in [0.1, 0.15) is 0 Å². The van der Waals surface area contributed by atoms with Gasteiger partial charge in [-0.2, -0.15) is 0 Å². The van der Waals surface area contributed by atoms with E-state index in [0.29, 0.717) is 11.3 Å². The molecule has 1 aliphatic rings. The van der Waals surface area contributed by atoms with E-state index in [4.69, 9.17) is 17.3 Å². The zero-order chi connectivity index (χ0) is 13.3. The van der Waals surface area contributed by atoms with Gasteiger partial charge in [0.15, 0.2) is 0 Å². The van der Waals surface area contributed by atoms with Gasteiger partial charge < -0.3 is 5.73 Å². The molecule has 0 amide bonds. The maximum atomic E-state index is 6.39. The Morgan fingerprint density at radius 1 is 1.22 bits per heavy atom. The molecule has 0 aliphatic heterocycles. The number of rotatable bonds is 2. The van der Waals surface area contributed by atoms with Crippen molar-refractivity contribution >= 4 is 22.9 Å². The summed E-state index contributed by atoms with van der Waals surface area (Å²) in [6.07, 6.45) is 5.17. The lowest BCUT2D eigenvalue weighted by molar-refractivity contribution is 0.140. The molecule has 1 aliphatic carbocycles. The van der Waals surface area contributed by atoms with E-state index in [1.54, 1.807) is 11.3 Å². The first-order valence-electron chi connectivity index (χ1n) is 6.88. The van der Waals surface area contributed by atoms with Crippen LogP contribution in [0.2, 0.25) is 4.34 Å². The molecule has 1 fully saturated rings. The second-order valence-electron chi connectivity index (χ2n) is 6.65. The van der Waals surface area contributed by atoms with Gasteiger partial charge in [0, 0.05) is 10.9 Å². The summed E-state index contributed by atoms with van der Waals surface area (Å²) in [4.78, 5) is 1.25. The van der Waals surface area contributed by atoms with Crippen LogP contribution in [0.3, 0.4) is 0 Å². The minimum atomic E-state index is 0.184. The Morgan fingerprint density at radius 2 is 1.83 bits per heavy atom. The van der Waals surface area contributed by atoms with Crippen molar-refractivity contribution in [2.24, 2.45) is 23.0 Å². The lowest BCUT2D eigenvalue weighted by atomic mass is 9.68. The van der Waals surface area contributed by atoms with Crippen LogP contribution in [0.5, 0.6) is 0 Å². The average molecular weight is 286 g/mol. The molecule has 3 heteroatoms. The molecule has 2 rings (SSSR count). The van der Waals surface area contributed by atoms with E-state index >= 15 is 0 Å². The third kappa shape index (κ3) is 3.28. The van der Waals surface area contributed by atoms with Crippen molar-refractivity contribution in [2.75, 3.05) is 0 Å². The molecule has 1 saturated carbocycles. The van der Waals surface area contributed by atoms with Crippen molar-refractivity contribution in [1.82, 2.24) is 0 Å². The number of halogens is 1. The van der Waals surface area contributed by atoms with Gasteiger partial charge in [-0.3, -0.25) is 0 Å². The zero-order valence-electron chi connectivity index (χ0n) is 11.6. The maximum absolute atomic E-state index is 6.39. The highest BCUT2D eigenvalue weighted by Crippen LogP contribution is 2.43. The first-order chi connectivity index (χ1) is 8.38. The minimum Gasteiger partial charge on any atom is -0.323 e. The summed E-state index contributed by atoms with van der Waals surface area (Å²) in [5, 5.41) is 0. The van der Waals surface area contributed by atoms with Gasteiger partial charge in [0.25, 0.3) is 0 Å². The molecule has 1 nitrogen and oxygen atoms in total. The van der Waals surface area contributed by atoms with E-state index in [1.165, 1.54) is 30.6 Å². The second kappa shape index (κ2) is 5.52. The van der Waals surface area contributed by atoms with Crippen LogP contribution in [0.1, 0.15) is 57.4 Å². The maximum Gasteiger partial charge on any atom is 0.0931 e. The molecule has 1 aromatic rings. The molecule has 102 valence electrons. The molecule has 1 atom stereocenters. The van der Waals surface area contributed by atoms with Crippen LogP contribution in [0.4, 0.5) is 0 Å². The fourth-order valence-electron chi connectivity index (χ4n) is 3.08. The SMILES string of the molecule is CC(C)(C)C1CCC(C(N)c2ccc(Cl)s2)CC1. The minimum absolute atomic E-state index is 0.184. The summed E-state index contributed by atoms with van der Waals surface area (Å²) >= 11 is 7.63. The van der Waals surface area contributed by atoms with E-state index in [9.17, 15) is 0 Å². The van der Waals surface area contributed by atoms with Gasteiger partial charge in [-0.15, -0.1) is 11.3 Å². The van der Waals surface area contributed by atoms with Gasteiger partial charge in [-0.05, 0) is 55.1 Å². The number of thiophene rings is 1. The van der Waals surface area contributed by atoms with Crippen LogP contribution in [-0.2, 0) is 0 Å². The third-order valence-corrected chi connectivity index (χ3v) is 5.76. The number of hydrogen-bond acceptors (Lipinski definition) is 2. The molecule has 0 aromatic carbocycles. The van der Waals surface area contributed by atoms with Crippen molar-refractivity contribution in [3.63, 3.8) is 0 Å². The Kier molecular flexibility index (Phi) is 4.40. The molecule has 0 saturated heterocycles. The van der Waals surface area contributed by atoms with E-state index in [2.05, 4.69) is 26.8 Å². The van der Waals surface area contributed by atoms with Gasteiger partial charge in [-0.1, -0.05) is 32.4 Å². The van der Waals surface area contributed by atoms with Crippen LogP contribution in [0.15, 0.2) is 12.1 Å². The number of hydrogen-bond donors (Lipinski definition) is 1. The molecule has 1 unspecified atom stereocenters. The van der Waals surface area contributed by atoms with Crippen LogP contribution in [0.25, 0.3) is 0 Å². The number of nitrogens with two attached hydrogens (primary N) is 1. The summed E-state index contributed by atoms with van der Waals surface area (Å²) in [5.74, 6) is 1.49. The summed E-state index contributed by atoms with van der Waals surface area (Å²) in [6, 6.07) is 4.24. The highest BCUT2D eigenvalue weighted by Gasteiger charge is 2.32. The topological polar surface area (TPSA) is 26.0 Å². The Morgan fingerprint density at radius 3 is 2.28 bits per heavy atom. The molecule has 0 spiro atoms. The van der Waals surface area contributed by atoms with Crippen molar-refractivity contribution in [3.05, 3.63) is 21.3 Å². The fraction of sp³-hybridized carbons (Fsp3) is 0.733. The van der Waals surface area contributed by atoms with E-state index in [-0.39, 0.29) is 6.04 Å². The molecule has 18 heavy (non-hydrogen) atoms. The highest BCUT2D eigenvalue weighted by molar-refractivity contribution is 7.16. The molecule has 0 radical (unpaired) electrons. The van der Waals surface area contributed by atoms with Gasteiger partial charge in [0.2, 0.25) is 0 Å². The first-order valence-corrected chi connectivity index (χ1v) is 8.08. The molecule has 1 heterocycles. The van der Waals surface area contributed by atoms with Crippen molar-refractivity contribution in [2.45, 2.75) is 52.5 Å². The highest BCUT2D eigenvalue weighted by atomic mass is 35.5. The Hall–Kier alpha value is -0.0500. The van der Waals surface area contributed by atoms with Crippen molar-refractivity contribution in [3.8, 4) is 0 Å². The Balaban J connectivity index is 1.94. The van der Waals surface area contributed by atoms with Crippen LogP contribution in [-0.4, -0.2) is 0 Å². The van der Waals surface area contributed by atoms with Gasteiger partial charge in [0.05, 0.1) is 4.34 Å². The quantitative estimate of drug-likeness (QED) is 0.789. The predicted molar refractivity (Wildman–Crippen MR) is 81.2 cm³/mol. The molecular formula is C15H24ClNS. The smallest absolute Gasteiger partial charge is 0.0931 e. The first kappa shape index (κ1) is 14.4. The van der Waals surface area contributed by atoms with Crippen LogP contribution < -0.4 is 5.73 Å². The fourth-order valence-corrected chi connectivity index (χ4v) is 4.24. The lowest BCUT2D eigenvalue weighted by Crippen LogP contribution is -2.30. The molecule has 1 aromatic heterocycles. The van der Waals surface area contributed by atoms with Crippen LogP contribution in [0, 0.1) is 17.3 Å². The standard InChI is InChI=1S/C15H24ClNS/c1-15(2,3)11-6-4-10(5-7-11)14(17)12-8-9-13(16)18-12/h8-11,14H,4-7,17H2,1-3H3. The summed E-state index contributed by atoms with van der Waals surface area (Å²) in [7, 11) is 0. The van der Waals surface area contributed by atoms with Crippen molar-refractivity contribution in [1.29, 1.82) is 0 Å². The zero-order valence-corrected chi connectivity index (χ0v) is 13.2. The summed E-state index contributed by atoms with van der Waals surface area (Å²) in [5.41, 5.74) is 6.84. The Labute approximate surface area is 120 Å². The largest absolute Gasteiger partial charge is 0.323 e. The molecular weight excluding hydrogens is 262 g/mol. The third-order valence-electron chi connectivity index (χ3n) is 4.43. The Bertz CT molecular complexity index is 385. The van der Waals surface area contributed by atoms with E-state index in [0.717, 1.165) is 10.3 Å². The summed E-state index contributed by atoms with van der Waals surface area (Å²) < 4.78 is 0.851. The van der Waals surface area contributed by atoms with Gasteiger partial charge in [-0.25, -0.2) is 0 Å².